The number of nitrogens with one attached hydrogen (secondary N) is 1. The van der Waals surface area contributed by atoms with Crippen molar-refractivity contribution in [3.8, 4) is 5.75 Å². The zero-order valence-corrected chi connectivity index (χ0v) is 18.1. The molecule has 0 bridgehead atoms. The number of hydrogen-bond acceptors (Lipinski definition) is 4. The van der Waals surface area contributed by atoms with E-state index in [1.54, 1.807) is 13.4 Å². The minimum Gasteiger partial charge on any atom is -0.496 e. The average Bonchev–Trinajstić information content (AvgIpc) is 3.41. The summed E-state index contributed by atoms with van der Waals surface area (Å²) in [5.41, 5.74) is 2.29. The van der Waals surface area contributed by atoms with Gasteiger partial charge in [0, 0.05) is 13.0 Å². The molecule has 2 heterocycles. The van der Waals surface area contributed by atoms with Gasteiger partial charge in [-0.25, -0.2) is 0 Å². The number of benzene rings is 1. The molecule has 1 aromatic carbocycles. The van der Waals surface area contributed by atoms with Crippen molar-refractivity contribution in [2.45, 2.75) is 52.0 Å². The molecule has 1 aliphatic rings. The molecule has 1 aromatic heterocycles. The number of likely N-dealkylation sites (tertiary alicyclic amines) is 1. The van der Waals surface area contributed by atoms with Gasteiger partial charge in [-0.15, -0.1) is 0 Å². The van der Waals surface area contributed by atoms with E-state index in [1.165, 1.54) is 18.4 Å². The van der Waals surface area contributed by atoms with Crippen LogP contribution in [0, 0.1) is 12.8 Å². The third kappa shape index (κ3) is 5.41. The van der Waals surface area contributed by atoms with Crippen LogP contribution in [-0.2, 0) is 4.79 Å². The number of hydrogen-bond donors (Lipinski definition) is 1. The Bertz CT molecular complexity index is 779. The first-order chi connectivity index (χ1) is 14.0. The smallest absolute Gasteiger partial charge is 0.220 e. The van der Waals surface area contributed by atoms with Crippen molar-refractivity contribution in [1.82, 2.24) is 10.2 Å². The summed E-state index contributed by atoms with van der Waals surface area (Å²) in [5.74, 6) is 2.44. The third-order valence-corrected chi connectivity index (χ3v) is 6.00. The maximum atomic E-state index is 12.8. The molecule has 0 aliphatic carbocycles. The zero-order valence-electron chi connectivity index (χ0n) is 18.1. The number of rotatable bonds is 9. The number of carbonyl (C=O) groups excluding carboxylic acids is 1. The first kappa shape index (κ1) is 21.4. The van der Waals surface area contributed by atoms with E-state index in [4.69, 9.17) is 9.15 Å². The van der Waals surface area contributed by atoms with Gasteiger partial charge in [-0.3, -0.25) is 9.69 Å². The van der Waals surface area contributed by atoms with Crippen LogP contribution in [0.4, 0.5) is 0 Å². The van der Waals surface area contributed by atoms with Crippen molar-refractivity contribution in [2.75, 3.05) is 26.7 Å². The highest BCUT2D eigenvalue weighted by molar-refractivity contribution is 5.77. The molecule has 1 fully saturated rings. The van der Waals surface area contributed by atoms with Crippen LogP contribution in [0.15, 0.2) is 41.0 Å². The molecule has 5 heteroatoms. The van der Waals surface area contributed by atoms with Crippen molar-refractivity contribution in [3.63, 3.8) is 0 Å². The largest absolute Gasteiger partial charge is 0.496 e. The Morgan fingerprint density at radius 1 is 1.24 bits per heavy atom. The highest BCUT2D eigenvalue weighted by Gasteiger charge is 2.27. The lowest BCUT2D eigenvalue weighted by Crippen LogP contribution is -2.37. The maximum absolute atomic E-state index is 12.8. The first-order valence-corrected chi connectivity index (χ1v) is 10.7. The van der Waals surface area contributed by atoms with E-state index in [9.17, 15) is 4.79 Å². The minimum absolute atomic E-state index is 0.0907. The van der Waals surface area contributed by atoms with Crippen molar-refractivity contribution >= 4 is 5.91 Å². The lowest BCUT2D eigenvalue weighted by atomic mass is 9.85. The second-order valence-corrected chi connectivity index (χ2v) is 8.36. The quantitative estimate of drug-likeness (QED) is 0.666. The lowest BCUT2D eigenvalue weighted by molar-refractivity contribution is -0.122. The second kappa shape index (κ2) is 9.97. The monoisotopic (exact) mass is 398 g/mol. The molecule has 2 atom stereocenters. The summed E-state index contributed by atoms with van der Waals surface area (Å²) in [5, 5.41) is 3.17. The van der Waals surface area contributed by atoms with Crippen molar-refractivity contribution in [1.29, 1.82) is 0 Å². The maximum Gasteiger partial charge on any atom is 0.220 e. The summed E-state index contributed by atoms with van der Waals surface area (Å²) in [6.45, 7) is 9.09. The topological polar surface area (TPSA) is 54.7 Å². The molecule has 3 rings (SSSR count). The average molecular weight is 399 g/mol. The Hall–Kier alpha value is -2.27. The second-order valence-electron chi connectivity index (χ2n) is 8.36. The van der Waals surface area contributed by atoms with Gasteiger partial charge in [0.1, 0.15) is 11.5 Å². The molecule has 1 N–H and O–H groups in total. The number of nitrogens with zero attached hydrogens (tertiary/aromatic N) is 1. The standard InChI is InChI=1S/C24H34N2O3/c1-17(2)20(19-9-10-22(28-4)18(3)14-19)15-24(27)25-16-21(23-8-7-13-29-23)26-11-5-6-12-26/h7-10,13-14,17,20-21H,5-6,11-12,15-16H2,1-4H3,(H,25,27). The molecule has 0 spiro atoms. The van der Waals surface area contributed by atoms with Gasteiger partial charge in [0.25, 0.3) is 0 Å². The Morgan fingerprint density at radius 3 is 2.59 bits per heavy atom. The molecule has 29 heavy (non-hydrogen) atoms. The molecule has 2 aromatic rings. The van der Waals surface area contributed by atoms with Crippen molar-refractivity contribution in [3.05, 3.63) is 53.5 Å². The molecular formula is C24H34N2O3. The van der Waals surface area contributed by atoms with E-state index >= 15 is 0 Å². The molecule has 5 nitrogen and oxygen atoms in total. The summed E-state index contributed by atoms with van der Waals surface area (Å²) in [7, 11) is 1.69. The first-order valence-electron chi connectivity index (χ1n) is 10.7. The molecule has 1 aliphatic heterocycles. The molecule has 0 radical (unpaired) electrons. The summed E-state index contributed by atoms with van der Waals surface area (Å²) in [6.07, 6.45) is 4.60. The highest BCUT2D eigenvalue weighted by Crippen LogP contribution is 2.31. The number of carbonyl (C=O) groups is 1. The van der Waals surface area contributed by atoms with Crippen LogP contribution < -0.4 is 10.1 Å². The van der Waals surface area contributed by atoms with E-state index in [2.05, 4.69) is 36.2 Å². The summed E-state index contributed by atoms with van der Waals surface area (Å²) in [6, 6.07) is 10.3. The minimum atomic E-state index is 0.0907. The number of methoxy groups -OCH3 is 1. The normalized spacial score (nSPS) is 16.7. The van der Waals surface area contributed by atoms with Crippen LogP contribution >= 0.6 is 0 Å². The predicted octanol–water partition coefficient (Wildman–Crippen LogP) is 4.68. The van der Waals surface area contributed by atoms with Gasteiger partial charge in [-0.2, -0.15) is 0 Å². The third-order valence-electron chi connectivity index (χ3n) is 6.00. The Morgan fingerprint density at radius 2 is 2.00 bits per heavy atom. The number of amides is 1. The molecule has 0 saturated carbocycles. The molecule has 158 valence electrons. The number of furan rings is 1. The fourth-order valence-corrected chi connectivity index (χ4v) is 4.30. The van der Waals surface area contributed by atoms with Gasteiger partial charge in [-0.05, 0) is 74.0 Å². The fourth-order valence-electron chi connectivity index (χ4n) is 4.30. The SMILES string of the molecule is COc1ccc(C(CC(=O)NCC(c2ccco2)N2CCCC2)C(C)C)cc1C. The molecule has 1 amide bonds. The summed E-state index contributed by atoms with van der Waals surface area (Å²) >= 11 is 0. The Labute approximate surface area is 174 Å². The van der Waals surface area contributed by atoms with Crippen LogP contribution in [0.25, 0.3) is 0 Å². The Kier molecular flexibility index (Phi) is 7.37. The van der Waals surface area contributed by atoms with Crippen LogP contribution in [0.1, 0.15) is 62.0 Å². The van der Waals surface area contributed by atoms with Gasteiger partial charge in [-0.1, -0.05) is 26.0 Å². The summed E-state index contributed by atoms with van der Waals surface area (Å²) in [4.78, 5) is 15.3. The van der Waals surface area contributed by atoms with Crippen molar-refractivity contribution in [2.24, 2.45) is 5.92 Å². The zero-order chi connectivity index (χ0) is 20.8. The van der Waals surface area contributed by atoms with Gasteiger partial charge in [0.15, 0.2) is 0 Å². The number of ether oxygens (including phenoxy) is 1. The Balaban J connectivity index is 1.64. The van der Waals surface area contributed by atoms with Crippen LogP contribution in [0.3, 0.4) is 0 Å². The van der Waals surface area contributed by atoms with E-state index < -0.39 is 0 Å². The predicted molar refractivity (Wildman–Crippen MR) is 115 cm³/mol. The van der Waals surface area contributed by atoms with Gasteiger partial charge in [0.05, 0.1) is 19.4 Å². The molecule has 2 unspecified atom stereocenters. The van der Waals surface area contributed by atoms with Crippen LogP contribution in [-0.4, -0.2) is 37.6 Å². The van der Waals surface area contributed by atoms with E-state index in [1.807, 2.05) is 25.1 Å². The fraction of sp³-hybridized carbons (Fsp3) is 0.542. The molecular weight excluding hydrogens is 364 g/mol. The van der Waals surface area contributed by atoms with Crippen LogP contribution in [0.5, 0.6) is 5.75 Å². The highest BCUT2D eigenvalue weighted by atomic mass is 16.5. The van der Waals surface area contributed by atoms with Crippen LogP contribution in [0.2, 0.25) is 0 Å². The van der Waals surface area contributed by atoms with Gasteiger partial charge < -0.3 is 14.5 Å². The lowest BCUT2D eigenvalue weighted by Gasteiger charge is -2.27. The van der Waals surface area contributed by atoms with Gasteiger partial charge in [0.2, 0.25) is 5.91 Å². The van der Waals surface area contributed by atoms with Crippen molar-refractivity contribution < 1.29 is 13.9 Å². The molecule has 1 saturated heterocycles. The van der Waals surface area contributed by atoms with Gasteiger partial charge >= 0.3 is 0 Å². The van der Waals surface area contributed by atoms with E-state index in [0.717, 1.165) is 30.2 Å². The summed E-state index contributed by atoms with van der Waals surface area (Å²) < 4.78 is 11.0. The number of aryl methyl sites for hydroxylation is 1. The van der Waals surface area contributed by atoms with E-state index in [0.29, 0.717) is 18.9 Å². The van der Waals surface area contributed by atoms with E-state index in [-0.39, 0.29) is 17.9 Å².